The van der Waals surface area contributed by atoms with E-state index in [2.05, 4.69) is 7.47 Å². The Labute approximate surface area is 37.0 Å². The first-order valence-electron chi connectivity index (χ1n) is 0.648. The van der Waals surface area contributed by atoms with Gasteiger partial charge in [-0.05, 0) is 0 Å². The van der Waals surface area contributed by atoms with E-state index in [1.807, 2.05) is 0 Å². The van der Waals surface area contributed by atoms with Crippen LogP contribution in [0.5, 0.6) is 0 Å². The van der Waals surface area contributed by atoms with E-state index >= 15 is 0 Å². The summed E-state index contributed by atoms with van der Waals surface area (Å²) in [6.07, 6.45) is 0. The number of hydrogen-bond acceptors (Lipinski definition) is 4. The molecule has 0 aliphatic rings. The quantitative estimate of drug-likeness (QED) is 0.672. The molecule has 32 valence electrons. The first kappa shape index (κ1) is 4.89. The summed E-state index contributed by atoms with van der Waals surface area (Å²) in [6.45, 7) is 0. The first-order chi connectivity index (χ1) is 2.41. The van der Waals surface area contributed by atoms with Crippen molar-refractivity contribution in [1.82, 2.24) is 0 Å². The summed E-state index contributed by atoms with van der Waals surface area (Å²) in [6, 6.07) is 0. The molecule has 0 atom stereocenters. The molecule has 0 spiro atoms. The van der Waals surface area contributed by atoms with Crippen LogP contribution < -0.4 is 0 Å². The van der Waals surface area contributed by atoms with Gasteiger partial charge in [-0.2, -0.15) is 0 Å². The first-order valence-corrected chi connectivity index (χ1v) is 2.68. The third-order valence-electron chi connectivity index (χ3n) is 0.0516. The zero-order valence-electron chi connectivity index (χ0n) is 2.03. The molecule has 0 radical (unpaired) electrons. The van der Waals surface area contributed by atoms with Crippen LogP contribution in [0, 0.1) is 9.81 Å². The van der Waals surface area contributed by atoms with Crippen LogP contribution in [0.25, 0.3) is 0 Å². The van der Waals surface area contributed by atoms with Gasteiger partial charge in [0.2, 0.25) is 0 Å². The Hall–Kier alpha value is -0.112. The van der Waals surface area contributed by atoms with Crippen LogP contribution in [0.4, 0.5) is 0 Å². The van der Waals surface area contributed by atoms with E-state index in [0.29, 0.717) is 0 Å². The Morgan fingerprint density at radius 1 is 1.20 bits per heavy atom. The van der Waals surface area contributed by atoms with Gasteiger partial charge in [-0.15, -0.1) is 0 Å². The summed E-state index contributed by atoms with van der Waals surface area (Å²) in [5.41, 5.74) is 0. The minimum atomic E-state index is -1.24. The van der Waals surface area contributed by atoms with Crippen LogP contribution >= 0.6 is 0 Å². The van der Waals surface area contributed by atoms with Gasteiger partial charge in [-0.25, -0.2) is 0 Å². The molecule has 0 unspecified atom stereocenters. The van der Waals surface area contributed by atoms with Crippen molar-refractivity contribution in [2.24, 2.45) is 7.47 Å². The van der Waals surface area contributed by atoms with Crippen LogP contribution in [0.1, 0.15) is 0 Å². The summed E-state index contributed by atoms with van der Waals surface area (Å²) in [5, 5.41) is 0. The van der Waals surface area contributed by atoms with Crippen molar-refractivity contribution in [2.75, 3.05) is 0 Å². The summed E-state index contributed by atoms with van der Waals surface area (Å²) >= 11 is -1.24. The van der Waals surface area contributed by atoms with Crippen molar-refractivity contribution in [3.05, 3.63) is 9.81 Å². The Bertz CT molecular complexity index is 36.9. The second-order valence-electron chi connectivity index (χ2n) is 0.179. The second kappa shape index (κ2) is 3.89. The fraction of sp³-hybridized carbons (Fsp3) is 0. The molecule has 0 bridgehead atoms. The van der Waals surface area contributed by atoms with Crippen molar-refractivity contribution < 1.29 is 19.1 Å². The molecule has 0 aromatic heterocycles. The van der Waals surface area contributed by atoms with Crippen molar-refractivity contribution in [2.45, 2.75) is 0 Å². The topological polar surface area (TPSA) is 58.9 Å². The van der Waals surface area contributed by atoms with Crippen molar-refractivity contribution in [3.63, 3.8) is 0 Å². The van der Waals surface area contributed by atoms with Gasteiger partial charge in [-0.1, -0.05) is 0 Å². The molecule has 5 heavy (non-hydrogen) atoms. The van der Waals surface area contributed by atoms with Gasteiger partial charge in [0.05, 0.1) is 0 Å². The molecule has 0 aromatic rings. The van der Waals surface area contributed by atoms with Crippen molar-refractivity contribution in [3.8, 4) is 0 Å². The van der Waals surface area contributed by atoms with Crippen molar-refractivity contribution >= 4 is 0 Å². The molecule has 0 N–H and O–H groups in total. The predicted molar refractivity (Wildman–Crippen MR) is 11.6 cm³/mol. The van der Waals surface area contributed by atoms with Gasteiger partial charge < -0.3 is 0 Å². The third-order valence-corrected chi connectivity index (χ3v) is 0.423. The molecular formula is N2O2Pt. The van der Waals surface area contributed by atoms with E-state index in [-0.39, 0.29) is 0 Å². The fourth-order valence-corrected chi connectivity index (χ4v) is 0.0863. The van der Waals surface area contributed by atoms with Gasteiger partial charge in [-0.3, -0.25) is 0 Å². The molecule has 0 heterocycles. The van der Waals surface area contributed by atoms with Gasteiger partial charge in [0.25, 0.3) is 0 Å². The van der Waals surface area contributed by atoms with Gasteiger partial charge in [0.15, 0.2) is 0 Å². The summed E-state index contributed by atoms with van der Waals surface area (Å²) in [5.74, 6) is 0. The number of nitrogens with zero attached hydrogens (tertiary/aromatic N) is 2. The van der Waals surface area contributed by atoms with Gasteiger partial charge in [0, 0.05) is 0 Å². The maximum absolute atomic E-state index is 8.91. The van der Waals surface area contributed by atoms with Crippen LogP contribution in [-0.4, -0.2) is 0 Å². The molecule has 0 aromatic carbocycles. The number of nitroso groups, excluding NO2 is 2. The average Bonchev–Trinajstić information content (AvgIpc) is 1.41. The molecule has 0 saturated carbocycles. The SMILES string of the molecule is O=[N][Pt][N]=O. The average molecular weight is 255 g/mol. The predicted octanol–water partition coefficient (Wildman–Crippen LogP) is 0.432. The summed E-state index contributed by atoms with van der Waals surface area (Å²) in [4.78, 5) is 17.8. The molecule has 0 saturated heterocycles. The van der Waals surface area contributed by atoms with Crippen LogP contribution in [0.3, 0.4) is 0 Å². The molecule has 0 fully saturated rings. The zero-order chi connectivity index (χ0) is 4.12. The second-order valence-corrected chi connectivity index (χ2v) is 1.46. The monoisotopic (exact) mass is 255 g/mol. The summed E-state index contributed by atoms with van der Waals surface area (Å²) in [7, 11) is 0. The van der Waals surface area contributed by atoms with Crippen LogP contribution in [0.2, 0.25) is 0 Å². The Morgan fingerprint density at radius 2 is 1.60 bits per heavy atom. The van der Waals surface area contributed by atoms with Crippen LogP contribution in [0.15, 0.2) is 7.47 Å². The van der Waals surface area contributed by atoms with Gasteiger partial charge in [0.1, 0.15) is 0 Å². The standard InChI is InChI=1S/2NO.Pt/c2*1-2;/q2*-1;+2. The molecule has 0 aliphatic carbocycles. The molecule has 0 aliphatic heterocycles. The van der Waals surface area contributed by atoms with E-state index in [1.54, 1.807) is 0 Å². The van der Waals surface area contributed by atoms with Gasteiger partial charge >= 0.3 is 36.3 Å². The number of hydrogen-bond donors (Lipinski definition) is 0. The van der Waals surface area contributed by atoms with Crippen molar-refractivity contribution in [1.29, 1.82) is 0 Å². The number of rotatable bonds is 2. The Morgan fingerprint density at radius 3 is 1.60 bits per heavy atom. The van der Waals surface area contributed by atoms with E-state index in [0.717, 1.165) is 0 Å². The van der Waals surface area contributed by atoms with E-state index in [1.165, 1.54) is 0 Å². The minimum absolute atomic E-state index is 1.24. The molecule has 0 amide bonds. The molecule has 4 nitrogen and oxygen atoms in total. The third kappa shape index (κ3) is 3.89. The van der Waals surface area contributed by atoms with E-state index in [9.17, 15) is 0 Å². The van der Waals surface area contributed by atoms with Crippen LogP contribution in [-0.2, 0) is 19.1 Å². The molecule has 0 rings (SSSR count). The zero-order valence-corrected chi connectivity index (χ0v) is 4.30. The molecule has 5 heteroatoms. The normalized spacial score (nSPS) is 7.20. The maximum atomic E-state index is 8.91. The summed E-state index contributed by atoms with van der Waals surface area (Å²) < 4.78 is 4.47. The Kier molecular flexibility index (Phi) is 3.80. The Balaban J connectivity index is 2.65. The molecular weight excluding hydrogens is 255 g/mol. The van der Waals surface area contributed by atoms with E-state index in [4.69, 9.17) is 9.81 Å². The van der Waals surface area contributed by atoms with E-state index < -0.39 is 19.1 Å². The fourth-order valence-electron chi connectivity index (χ4n) is 0.0105.